The molecule has 2 fully saturated rings. The maximum Gasteiger partial charge on any atom is 0.251 e. The monoisotopic (exact) mass is 391 g/mol. The number of rotatable bonds is 5. The first kappa shape index (κ1) is 22.2. The third-order valence-electron chi connectivity index (χ3n) is 4.59. The van der Waals surface area contributed by atoms with Crippen LogP contribution < -0.4 is 10.6 Å². The number of amides is 1. The van der Waals surface area contributed by atoms with Crippen LogP contribution in [0.2, 0.25) is 0 Å². The molecule has 0 radical (unpaired) electrons. The average Bonchev–Trinajstić information content (AvgIpc) is 2.99. The topological polar surface area (TPSA) is 73.8 Å². The zero-order valence-corrected chi connectivity index (χ0v) is 15.8. The number of β-amino-alcohol motifs (C(OH)–C–C–N with tert-alkyl or cyclic N) is 1. The molecule has 2 atom stereocenters. The van der Waals surface area contributed by atoms with Crippen molar-refractivity contribution in [2.45, 2.75) is 12.6 Å². The van der Waals surface area contributed by atoms with Gasteiger partial charge in [-0.05, 0) is 11.6 Å². The standard InChI is InChI=1S/C17H25N3O3.2ClH/c21-16-11-18-9-14(16)10-19-17(22)15-4-2-1-3-13(15)12-20-5-7-23-8-6-20;;/h1-4,14,16,18,21H,5-12H2,(H,19,22);2*1H. The molecule has 2 saturated heterocycles. The van der Waals surface area contributed by atoms with Crippen LogP contribution in [-0.2, 0) is 11.3 Å². The minimum atomic E-state index is -0.376. The van der Waals surface area contributed by atoms with Gasteiger partial charge in [-0.3, -0.25) is 9.69 Å². The first-order valence-corrected chi connectivity index (χ1v) is 8.29. The first-order chi connectivity index (χ1) is 11.2. The van der Waals surface area contributed by atoms with E-state index in [1.165, 1.54) is 0 Å². The first-order valence-electron chi connectivity index (χ1n) is 8.29. The molecule has 0 aliphatic carbocycles. The largest absolute Gasteiger partial charge is 0.391 e. The molecule has 0 saturated carbocycles. The molecular formula is C17H27Cl2N3O3. The van der Waals surface area contributed by atoms with E-state index in [2.05, 4.69) is 15.5 Å². The number of halogens is 2. The van der Waals surface area contributed by atoms with Crippen LogP contribution in [0.25, 0.3) is 0 Å². The Morgan fingerprint density at radius 2 is 1.96 bits per heavy atom. The summed E-state index contributed by atoms with van der Waals surface area (Å²) in [5.41, 5.74) is 1.76. The molecule has 0 aromatic heterocycles. The zero-order chi connectivity index (χ0) is 16.1. The van der Waals surface area contributed by atoms with Gasteiger partial charge in [0.15, 0.2) is 0 Å². The van der Waals surface area contributed by atoms with Gasteiger partial charge in [0.25, 0.3) is 5.91 Å². The second-order valence-electron chi connectivity index (χ2n) is 6.24. The number of morpholine rings is 1. The van der Waals surface area contributed by atoms with Crippen molar-refractivity contribution in [1.29, 1.82) is 0 Å². The number of carbonyl (C=O) groups excluding carboxylic acids is 1. The normalized spacial score (nSPS) is 23.4. The van der Waals surface area contributed by atoms with Crippen LogP contribution >= 0.6 is 24.8 Å². The minimum absolute atomic E-state index is 0. The van der Waals surface area contributed by atoms with E-state index in [1.807, 2.05) is 24.3 Å². The molecule has 3 N–H and O–H groups in total. The van der Waals surface area contributed by atoms with Crippen molar-refractivity contribution in [2.24, 2.45) is 5.92 Å². The summed E-state index contributed by atoms with van der Waals surface area (Å²) in [5.74, 6) is 0.0262. The van der Waals surface area contributed by atoms with Crippen molar-refractivity contribution in [3.05, 3.63) is 35.4 Å². The highest BCUT2D eigenvalue weighted by Crippen LogP contribution is 2.14. The van der Waals surface area contributed by atoms with Crippen molar-refractivity contribution >= 4 is 30.7 Å². The van der Waals surface area contributed by atoms with Crippen molar-refractivity contribution in [1.82, 2.24) is 15.5 Å². The molecule has 6 nitrogen and oxygen atoms in total. The SMILES string of the molecule is Cl.Cl.O=C(NCC1CNCC1O)c1ccccc1CN1CCOCC1. The van der Waals surface area contributed by atoms with Crippen molar-refractivity contribution < 1.29 is 14.6 Å². The molecule has 25 heavy (non-hydrogen) atoms. The maximum absolute atomic E-state index is 12.5. The highest BCUT2D eigenvalue weighted by atomic mass is 35.5. The minimum Gasteiger partial charge on any atom is -0.391 e. The summed E-state index contributed by atoms with van der Waals surface area (Å²) in [6.07, 6.45) is -0.376. The van der Waals surface area contributed by atoms with Crippen LogP contribution in [0.4, 0.5) is 0 Å². The molecule has 1 aromatic rings. The molecule has 2 unspecified atom stereocenters. The van der Waals surface area contributed by atoms with Crippen LogP contribution in [0.3, 0.4) is 0 Å². The van der Waals surface area contributed by atoms with Crippen molar-refractivity contribution in [2.75, 3.05) is 45.9 Å². The number of carbonyl (C=O) groups is 1. The number of benzene rings is 1. The number of nitrogens with zero attached hydrogens (tertiary/aromatic N) is 1. The van der Waals surface area contributed by atoms with Gasteiger partial charge in [0.05, 0.1) is 19.3 Å². The fraction of sp³-hybridized carbons (Fsp3) is 0.588. The Morgan fingerprint density at radius 3 is 2.64 bits per heavy atom. The maximum atomic E-state index is 12.5. The van der Waals surface area contributed by atoms with Crippen LogP contribution in [0, 0.1) is 5.92 Å². The van der Waals surface area contributed by atoms with Gasteiger partial charge < -0.3 is 20.5 Å². The Hall–Kier alpha value is -0.890. The second kappa shape index (κ2) is 11.0. The quantitative estimate of drug-likeness (QED) is 0.687. The smallest absolute Gasteiger partial charge is 0.251 e. The van der Waals surface area contributed by atoms with E-state index < -0.39 is 0 Å². The fourth-order valence-corrected chi connectivity index (χ4v) is 3.13. The Bertz CT molecular complexity index is 542. The van der Waals surface area contributed by atoms with Crippen molar-refractivity contribution in [3.8, 4) is 0 Å². The summed E-state index contributed by atoms with van der Waals surface area (Å²) in [5, 5.41) is 15.9. The Labute approximate surface area is 161 Å². The molecule has 142 valence electrons. The van der Waals surface area contributed by atoms with Gasteiger partial charge in [-0.25, -0.2) is 0 Å². The number of hydrogen-bond donors (Lipinski definition) is 3. The lowest BCUT2D eigenvalue weighted by atomic mass is 10.0. The molecule has 1 aromatic carbocycles. The number of nitrogens with one attached hydrogen (secondary N) is 2. The van der Waals surface area contributed by atoms with Gasteiger partial charge >= 0.3 is 0 Å². The van der Waals surface area contributed by atoms with Gasteiger partial charge in [0, 0.05) is 50.7 Å². The van der Waals surface area contributed by atoms with E-state index in [1.54, 1.807) is 0 Å². The highest BCUT2D eigenvalue weighted by Gasteiger charge is 2.25. The molecular weight excluding hydrogens is 365 g/mol. The number of hydrogen-bond acceptors (Lipinski definition) is 5. The Morgan fingerprint density at radius 1 is 1.24 bits per heavy atom. The molecule has 3 rings (SSSR count). The van der Waals surface area contributed by atoms with E-state index in [4.69, 9.17) is 4.74 Å². The van der Waals surface area contributed by atoms with Gasteiger partial charge in [0.2, 0.25) is 0 Å². The molecule has 0 bridgehead atoms. The Balaban J connectivity index is 0.00000156. The van der Waals surface area contributed by atoms with E-state index in [0.717, 1.165) is 50.5 Å². The molecule has 0 spiro atoms. The lowest BCUT2D eigenvalue weighted by Crippen LogP contribution is -2.37. The van der Waals surface area contributed by atoms with Gasteiger partial charge in [-0.2, -0.15) is 0 Å². The van der Waals surface area contributed by atoms with Gasteiger partial charge in [0.1, 0.15) is 0 Å². The summed E-state index contributed by atoms with van der Waals surface area (Å²) in [7, 11) is 0. The van der Waals surface area contributed by atoms with E-state index in [-0.39, 0.29) is 42.7 Å². The van der Waals surface area contributed by atoms with E-state index in [9.17, 15) is 9.90 Å². The molecule has 2 aliphatic heterocycles. The fourth-order valence-electron chi connectivity index (χ4n) is 3.13. The predicted molar refractivity (Wildman–Crippen MR) is 102 cm³/mol. The number of aliphatic hydroxyl groups excluding tert-OH is 1. The number of ether oxygens (including phenoxy) is 1. The summed E-state index contributed by atoms with van der Waals surface area (Å²) >= 11 is 0. The predicted octanol–water partition coefficient (Wildman–Crippen LogP) is 0.672. The van der Waals surface area contributed by atoms with Gasteiger partial charge in [-0.1, -0.05) is 18.2 Å². The zero-order valence-electron chi connectivity index (χ0n) is 14.1. The Kier molecular flexibility index (Phi) is 9.71. The lowest BCUT2D eigenvalue weighted by molar-refractivity contribution is 0.0340. The second-order valence-corrected chi connectivity index (χ2v) is 6.24. The molecule has 8 heteroatoms. The average molecular weight is 392 g/mol. The molecule has 2 heterocycles. The third-order valence-corrected chi connectivity index (χ3v) is 4.59. The molecule has 2 aliphatic rings. The van der Waals surface area contributed by atoms with Crippen LogP contribution in [0.1, 0.15) is 15.9 Å². The summed E-state index contributed by atoms with van der Waals surface area (Å²) in [6.45, 7) is 5.91. The van der Waals surface area contributed by atoms with E-state index >= 15 is 0 Å². The van der Waals surface area contributed by atoms with Crippen LogP contribution in [0.15, 0.2) is 24.3 Å². The van der Waals surface area contributed by atoms with Gasteiger partial charge in [-0.15, -0.1) is 24.8 Å². The molecule has 1 amide bonds. The summed E-state index contributed by atoms with van der Waals surface area (Å²) in [4.78, 5) is 14.8. The summed E-state index contributed by atoms with van der Waals surface area (Å²) < 4.78 is 5.37. The van der Waals surface area contributed by atoms with Crippen molar-refractivity contribution in [3.63, 3.8) is 0 Å². The number of aliphatic hydroxyl groups is 1. The van der Waals surface area contributed by atoms with Crippen LogP contribution in [-0.4, -0.2) is 68.0 Å². The van der Waals surface area contributed by atoms with E-state index in [0.29, 0.717) is 13.1 Å². The highest BCUT2D eigenvalue weighted by molar-refractivity contribution is 5.95. The third kappa shape index (κ3) is 6.09. The van der Waals surface area contributed by atoms with Crippen LogP contribution in [0.5, 0.6) is 0 Å². The summed E-state index contributed by atoms with van der Waals surface area (Å²) in [6, 6.07) is 7.74. The lowest BCUT2D eigenvalue weighted by Gasteiger charge is -2.27.